The van der Waals surface area contributed by atoms with Crippen molar-refractivity contribution in [2.45, 2.75) is 76.7 Å². The van der Waals surface area contributed by atoms with Gasteiger partial charge in [-0.3, -0.25) is 4.79 Å². The highest BCUT2D eigenvalue weighted by atomic mass is 16.4. The molecule has 1 saturated heterocycles. The van der Waals surface area contributed by atoms with E-state index in [4.69, 9.17) is 5.11 Å². The highest BCUT2D eigenvalue weighted by Gasteiger charge is 2.39. The lowest BCUT2D eigenvalue weighted by atomic mass is 9.71. The summed E-state index contributed by atoms with van der Waals surface area (Å²) in [6.45, 7) is 2.27. The van der Waals surface area contributed by atoms with Crippen LogP contribution in [0.4, 0.5) is 0 Å². The molecule has 1 N–H and O–H groups in total. The number of carboxylic acids is 1. The van der Waals surface area contributed by atoms with Crippen molar-refractivity contribution in [3.63, 3.8) is 0 Å². The van der Waals surface area contributed by atoms with Gasteiger partial charge in [0.2, 0.25) is 0 Å². The molecule has 3 rings (SSSR count). The second-order valence-electron chi connectivity index (χ2n) is 7.52. The average molecular weight is 279 g/mol. The second kappa shape index (κ2) is 6.05. The van der Waals surface area contributed by atoms with E-state index in [-0.39, 0.29) is 0 Å². The molecule has 0 aromatic carbocycles. The van der Waals surface area contributed by atoms with Gasteiger partial charge in [-0.05, 0) is 75.8 Å². The van der Waals surface area contributed by atoms with Crippen molar-refractivity contribution in [1.82, 2.24) is 4.90 Å². The van der Waals surface area contributed by atoms with Crippen LogP contribution in [-0.2, 0) is 4.79 Å². The fourth-order valence-electron chi connectivity index (χ4n) is 4.97. The minimum absolute atomic E-state index is 0.377. The number of aliphatic carboxylic acids is 1. The van der Waals surface area contributed by atoms with Crippen LogP contribution in [-0.4, -0.2) is 35.1 Å². The maximum Gasteiger partial charge on any atom is 0.303 e. The summed E-state index contributed by atoms with van der Waals surface area (Å²) in [6, 6.07) is 0.798. The molecule has 1 heterocycles. The maximum atomic E-state index is 10.8. The van der Waals surface area contributed by atoms with Gasteiger partial charge in [-0.1, -0.05) is 12.8 Å². The molecule has 0 aromatic rings. The number of piperidine rings is 1. The van der Waals surface area contributed by atoms with Crippen LogP contribution in [0.2, 0.25) is 0 Å². The molecule has 114 valence electrons. The molecule has 0 unspecified atom stereocenters. The van der Waals surface area contributed by atoms with Crippen LogP contribution in [0.1, 0.15) is 70.6 Å². The van der Waals surface area contributed by atoms with Crippen molar-refractivity contribution < 1.29 is 9.90 Å². The Hall–Kier alpha value is -0.570. The summed E-state index contributed by atoms with van der Waals surface area (Å²) >= 11 is 0. The standard InChI is InChI=1S/C17H29NO2/c19-16(20)13-14-5-11-18(12-6-14)15-3-9-17(10-4-15)7-1-2-8-17/h14-15H,1-13H2,(H,19,20). The summed E-state index contributed by atoms with van der Waals surface area (Å²) in [5.41, 5.74) is 0.734. The molecule has 1 aliphatic heterocycles. The molecule has 3 fully saturated rings. The Morgan fingerprint density at radius 3 is 2.15 bits per heavy atom. The summed E-state index contributed by atoms with van der Waals surface area (Å²) in [5, 5.41) is 8.88. The van der Waals surface area contributed by atoms with Crippen LogP contribution in [0.15, 0.2) is 0 Å². The van der Waals surface area contributed by atoms with Crippen LogP contribution < -0.4 is 0 Å². The predicted molar refractivity (Wildman–Crippen MR) is 79.7 cm³/mol. The number of carbonyl (C=O) groups is 1. The molecule has 0 atom stereocenters. The van der Waals surface area contributed by atoms with E-state index in [1.54, 1.807) is 0 Å². The molecule has 0 amide bonds. The summed E-state index contributed by atoms with van der Waals surface area (Å²) < 4.78 is 0. The van der Waals surface area contributed by atoms with Gasteiger partial charge < -0.3 is 10.0 Å². The summed E-state index contributed by atoms with van der Waals surface area (Å²) in [7, 11) is 0. The summed E-state index contributed by atoms with van der Waals surface area (Å²) in [5.74, 6) is -0.196. The maximum absolute atomic E-state index is 10.8. The quantitative estimate of drug-likeness (QED) is 0.857. The van der Waals surface area contributed by atoms with Crippen LogP contribution >= 0.6 is 0 Å². The van der Waals surface area contributed by atoms with Gasteiger partial charge in [-0.2, -0.15) is 0 Å². The van der Waals surface area contributed by atoms with Crippen molar-refractivity contribution in [3.8, 4) is 0 Å². The lowest BCUT2D eigenvalue weighted by Crippen LogP contribution is -2.44. The molecule has 0 aromatic heterocycles. The average Bonchev–Trinajstić information content (AvgIpc) is 2.89. The van der Waals surface area contributed by atoms with Crippen LogP contribution in [0.5, 0.6) is 0 Å². The number of nitrogens with zero attached hydrogens (tertiary/aromatic N) is 1. The first-order valence-corrected chi connectivity index (χ1v) is 8.63. The largest absolute Gasteiger partial charge is 0.481 e. The minimum atomic E-state index is -0.621. The highest BCUT2D eigenvalue weighted by Crippen LogP contribution is 2.49. The molecule has 3 heteroatoms. The topological polar surface area (TPSA) is 40.5 Å². The smallest absolute Gasteiger partial charge is 0.303 e. The SMILES string of the molecule is O=C(O)CC1CCN(C2CCC3(CCCC3)CC2)CC1. The lowest BCUT2D eigenvalue weighted by molar-refractivity contribution is -0.138. The summed E-state index contributed by atoms with van der Waals surface area (Å²) in [4.78, 5) is 13.4. The molecule has 3 nitrogen and oxygen atoms in total. The fraction of sp³-hybridized carbons (Fsp3) is 0.941. The predicted octanol–water partition coefficient (Wildman–Crippen LogP) is 3.68. The third kappa shape index (κ3) is 3.19. The molecule has 1 spiro atoms. The van der Waals surface area contributed by atoms with E-state index in [0.29, 0.717) is 12.3 Å². The van der Waals surface area contributed by atoms with Gasteiger partial charge in [-0.15, -0.1) is 0 Å². The van der Waals surface area contributed by atoms with Gasteiger partial charge >= 0.3 is 5.97 Å². The first-order chi connectivity index (χ1) is 9.67. The fourth-order valence-corrected chi connectivity index (χ4v) is 4.97. The van der Waals surface area contributed by atoms with Crippen molar-refractivity contribution >= 4 is 5.97 Å². The van der Waals surface area contributed by atoms with E-state index in [0.717, 1.165) is 37.4 Å². The minimum Gasteiger partial charge on any atom is -0.481 e. The Kier molecular flexibility index (Phi) is 4.34. The van der Waals surface area contributed by atoms with Gasteiger partial charge in [0.05, 0.1) is 0 Å². The molecule has 0 radical (unpaired) electrons. The number of rotatable bonds is 3. The van der Waals surface area contributed by atoms with Gasteiger partial charge in [-0.25, -0.2) is 0 Å². The first kappa shape index (κ1) is 14.4. The van der Waals surface area contributed by atoms with E-state index in [2.05, 4.69) is 4.90 Å². The molecule has 3 aliphatic rings. The van der Waals surface area contributed by atoms with Crippen molar-refractivity contribution in [1.29, 1.82) is 0 Å². The molecule has 0 bridgehead atoms. The number of hydrogen-bond acceptors (Lipinski definition) is 2. The second-order valence-corrected chi connectivity index (χ2v) is 7.52. The van der Waals surface area contributed by atoms with E-state index in [9.17, 15) is 4.79 Å². The zero-order chi connectivity index (χ0) is 14.0. The molecule has 20 heavy (non-hydrogen) atoms. The van der Waals surface area contributed by atoms with Crippen LogP contribution in [0.3, 0.4) is 0 Å². The monoisotopic (exact) mass is 279 g/mol. The van der Waals surface area contributed by atoms with Crippen LogP contribution in [0, 0.1) is 11.3 Å². The third-order valence-electron chi connectivity index (χ3n) is 6.31. The van der Waals surface area contributed by atoms with Gasteiger partial charge in [0.25, 0.3) is 0 Å². The number of likely N-dealkylation sites (tertiary alicyclic amines) is 1. The zero-order valence-corrected chi connectivity index (χ0v) is 12.6. The highest BCUT2D eigenvalue weighted by molar-refractivity contribution is 5.67. The van der Waals surface area contributed by atoms with E-state index in [1.165, 1.54) is 51.4 Å². The Morgan fingerprint density at radius 1 is 1.00 bits per heavy atom. The Morgan fingerprint density at radius 2 is 1.60 bits per heavy atom. The van der Waals surface area contributed by atoms with Crippen LogP contribution in [0.25, 0.3) is 0 Å². The molecule has 2 aliphatic carbocycles. The number of carboxylic acid groups (broad SMARTS) is 1. The molecule has 2 saturated carbocycles. The van der Waals surface area contributed by atoms with Crippen molar-refractivity contribution in [2.75, 3.05) is 13.1 Å². The van der Waals surface area contributed by atoms with E-state index < -0.39 is 5.97 Å². The Balaban J connectivity index is 1.44. The van der Waals surface area contributed by atoms with E-state index in [1.807, 2.05) is 0 Å². The molecular weight excluding hydrogens is 250 g/mol. The number of hydrogen-bond donors (Lipinski definition) is 1. The first-order valence-electron chi connectivity index (χ1n) is 8.63. The Bertz CT molecular complexity index is 331. The lowest BCUT2D eigenvalue weighted by Gasteiger charge is -2.44. The zero-order valence-electron chi connectivity index (χ0n) is 12.6. The Labute approximate surface area is 122 Å². The molecular formula is C17H29NO2. The van der Waals surface area contributed by atoms with Crippen molar-refractivity contribution in [2.24, 2.45) is 11.3 Å². The van der Waals surface area contributed by atoms with Gasteiger partial charge in [0.15, 0.2) is 0 Å². The van der Waals surface area contributed by atoms with Gasteiger partial charge in [0.1, 0.15) is 0 Å². The van der Waals surface area contributed by atoms with Crippen molar-refractivity contribution in [3.05, 3.63) is 0 Å². The van der Waals surface area contributed by atoms with Gasteiger partial charge in [0, 0.05) is 12.5 Å². The third-order valence-corrected chi connectivity index (χ3v) is 6.31. The summed E-state index contributed by atoms with van der Waals surface area (Å²) in [6.07, 6.45) is 14.1. The van der Waals surface area contributed by atoms with E-state index >= 15 is 0 Å². The normalized spacial score (nSPS) is 29.0.